The summed E-state index contributed by atoms with van der Waals surface area (Å²) in [7, 11) is 0. The maximum absolute atomic E-state index is 12.1. The summed E-state index contributed by atoms with van der Waals surface area (Å²) in [4.78, 5) is 14.5. The molecule has 1 fully saturated rings. The van der Waals surface area contributed by atoms with Crippen LogP contribution in [0.3, 0.4) is 0 Å². The molecule has 0 aliphatic carbocycles. The number of benzene rings is 2. The van der Waals surface area contributed by atoms with Crippen LogP contribution in [-0.4, -0.2) is 13.1 Å². The van der Waals surface area contributed by atoms with Crippen molar-refractivity contribution in [2.24, 2.45) is 0 Å². The van der Waals surface area contributed by atoms with Crippen molar-refractivity contribution in [3.8, 4) is 0 Å². The van der Waals surface area contributed by atoms with E-state index in [0.717, 1.165) is 46.5 Å². The van der Waals surface area contributed by atoms with Crippen molar-refractivity contribution in [2.75, 3.05) is 23.3 Å². The minimum atomic E-state index is -0.320. The summed E-state index contributed by atoms with van der Waals surface area (Å²) in [5.74, 6) is 0. The number of fused-ring (bicyclic) bond motifs is 1. The van der Waals surface area contributed by atoms with Gasteiger partial charge in [0.05, 0.1) is 11.4 Å². The zero-order valence-corrected chi connectivity index (χ0v) is 16.4. The third kappa shape index (κ3) is 3.54. The normalized spacial score (nSPS) is 14.1. The molecule has 4 rings (SSSR count). The highest BCUT2D eigenvalue weighted by Gasteiger charge is 2.16. The van der Waals surface area contributed by atoms with E-state index >= 15 is 0 Å². The number of nitrogens with zero attached hydrogens (tertiary/aromatic N) is 1. The Morgan fingerprint density at radius 2 is 1.89 bits per heavy atom. The minimum Gasteiger partial charge on any atom is -0.422 e. The predicted molar refractivity (Wildman–Crippen MR) is 112 cm³/mol. The summed E-state index contributed by atoms with van der Waals surface area (Å²) in [6, 6.07) is 11.6. The van der Waals surface area contributed by atoms with Crippen LogP contribution in [0.15, 0.2) is 45.6 Å². The zero-order chi connectivity index (χ0) is 19.0. The Kier molecular flexibility index (Phi) is 4.83. The quantitative estimate of drug-likeness (QED) is 0.624. The molecule has 5 heteroatoms. The predicted octanol–water partition coefficient (Wildman–Crippen LogP) is 5.28. The van der Waals surface area contributed by atoms with Gasteiger partial charge in [-0.05, 0) is 61.6 Å². The van der Waals surface area contributed by atoms with Crippen LogP contribution in [0, 0.1) is 13.8 Å². The number of hydrogen-bond acceptors (Lipinski definition) is 4. The van der Waals surface area contributed by atoms with Crippen LogP contribution in [0.4, 0.5) is 11.4 Å². The van der Waals surface area contributed by atoms with E-state index < -0.39 is 0 Å². The Hall–Kier alpha value is -2.46. The molecule has 0 spiro atoms. The fourth-order valence-electron chi connectivity index (χ4n) is 3.74. The molecule has 2 heterocycles. The summed E-state index contributed by atoms with van der Waals surface area (Å²) >= 11 is 6.24. The number of aryl methyl sites for hydroxylation is 2. The van der Waals surface area contributed by atoms with E-state index in [1.54, 1.807) is 6.07 Å². The molecule has 4 nitrogen and oxygen atoms in total. The van der Waals surface area contributed by atoms with Crippen LogP contribution in [0.25, 0.3) is 11.0 Å². The Balaban J connectivity index is 1.69. The fraction of sp³-hybridized carbons (Fsp3) is 0.318. The van der Waals surface area contributed by atoms with Crippen molar-refractivity contribution in [3.63, 3.8) is 0 Å². The van der Waals surface area contributed by atoms with Gasteiger partial charge in [-0.25, -0.2) is 4.79 Å². The second-order valence-corrected chi connectivity index (χ2v) is 7.62. The molecule has 0 amide bonds. The number of nitrogens with one attached hydrogen (secondary N) is 1. The largest absolute Gasteiger partial charge is 0.422 e. The van der Waals surface area contributed by atoms with Gasteiger partial charge in [0.25, 0.3) is 0 Å². The molecular formula is C22H23ClN2O2. The van der Waals surface area contributed by atoms with Gasteiger partial charge in [-0.15, -0.1) is 0 Å². The first-order chi connectivity index (χ1) is 13.0. The van der Waals surface area contributed by atoms with Crippen LogP contribution in [0.2, 0.25) is 5.02 Å². The second-order valence-electron chi connectivity index (χ2n) is 7.18. The smallest absolute Gasteiger partial charge is 0.336 e. The molecule has 2 aromatic carbocycles. The van der Waals surface area contributed by atoms with Gasteiger partial charge in [0.1, 0.15) is 5.58 Å². The van der Waals surface area contributed by atoms with Crippen molar-refractivity contribution in [2.45, 2.75) is 33.2 Å². The zero-order valence-electron chi connectivity index (χ0n) is 15.6. The Labute approximate surface area is 163 Å². The molecule has 1 saturated heterocycles. The Morgan fingerprint density at radius 1 is 1.11 bits per heavy atom. The molecule has 0 saturated carbocycles. The average molecular weight is 383 g/mol. The van der Waals surface area contributed by atoms with Gasteiger partial charge >= 0.3 is 5.63 Å². The number of anilines is 2. The van der Waals surface area contributed by atoms with Gasteiger partial charge in [-0.1, -0.05) is 23.7 Å². The molecular weight excluding hydrogens is 360 g/mol. The lowest BCUT2D eigenvalue weighted by molar-refractivity contribution is 0.556. The number of hydrogen-bond donors (Lipinski definition) is 1. The third-order valence-electron chi connectivity index (χ3n) is 5.39. The molecule has 1 aliphatic rings. The van der Waals surface area contributed by atoms with E-state index in [4.69, 9.17) is 16.0 Å². The standard InChI is InChI=1S/C22H23ClN2O2/c1-14-5-7-18-16(11-21(26)27-22(18)15(14)2)13-24-19-12-17(23)6-8-20(19)25-9-3-4-10-25/h5-8,11-12,24H,3-4,9-10,13H2,1-2H3. The summed E-state index contributed by atoms with van der Waals surface area (Å²) < 4.78 is 5.48. The van der Waals surface area contributed by atoms with E-state index in [2.05, 4.69) is 22.3 Å². The van der Waals surface area contributed by atoms with Crippen molar-refractivity contribution in [1.82, 2.24) is 0 Å². The molecule has 0 unspecified atom stereocenters. The van der Waals surface area contributed by atoms with Gasteiger partial charge in [0.15, 0.2) is 0 Å². The van der Waals surface area contributed by atoms with Crippen molar-refractivity contribution in [3.05, 3.63) is 68.5 Å². The molecule has 1 N–H and O–H groups in total. The van der Waals surface area contributed by atoms with E-state index in [1.165, 1.54) is 12.8 Å². The number of halogens is 1. The van der Waals surface area contributed by atoms with Crippen LogP contribution in [0.5, 0.6) is 0 Å². The number of rotatable bonds is 4. The van der Waals surface area contributed by atoms with Crippen molar-refractivity contribution < 1.29 is 4.42 Å². The van der Waals surface area contributed by atoms with E-state index in [0.29, 0.717) is 17.2 Å². The third-order valence-corrected chi connectivity index (χ3v) is 5.63. The highest BCUT2D eigenvalue weighted by Crippen LogP contribution is 2.32. The van der Waals surface area contributed by atoms with E-state index in [1.807, 2.05) is 32.0 Å². The molecule has 1 aliphatic heterocycles. The first-order valence-corrected chi connectivity index (χ1v) is 9.72. The molecule has 1 aromatic heterocycles. The first-order valence-electron chi connectivity index (χ1n) is 9.34. The van der Waals surface area contributed by atoms with Gasteiger partial charge < -0.3 is 14.6 Å². The van der Waals surface area contributed by atoms with Crippen LogP contribution in [-0.2, 0) is 6.54 Å². The minimum absolute atomic E-state index is 0.320. The summed E-state index contributed by atoms with van der Waals surface area (Å²) in [5.41, 5.74) is 5.56. The fourth-order valence-corrected chi connectivity index (χ4v) is 3.92. The lowest BCUT2D eigenvalue weighted by Gasteiger charge is -2.22. The molecule has 0 bridgehead atoms. The maximum atomic E-state index is 12.1. The molecule has 0 atom stereocenters. The van der Waals surface area contributed by atoms with Crippen molar-refractivity contribution in [1.29, 1.82) is 0 Å². The average Bonchev–Trinajstić information content (AvgIpc) is 3.17. The molecule has 27 heavy (non-hydrogen) atoms. The summed E-state index contributed by atoms with van der Waals surface area (Å²) in [6.45, 7) is 6.67. The second kappa shape index (κ2) is 7.28. The Bertz CT molecular complexity index is 1050. The van der Waals surface area contributed by atoms with Crippen LogP contribution in [0.1, 0.15) is 29.5 Å². The summed E-state index contributed by atoms with van der Waals surface area (Å²) in [6.07, 6.45) is 2.43. The van der Waals surface area contributed by atoms with Crippen molar-refractivity contribution >= 4 is 33.9 Å². The lowest BCUT2D eigenvalue weighted by Crippen LogP contribution is -2.19. The van der Waals surface area contributed by atoms with Crippen LogP contribution >= 0.6 is 11.6 Å². The van der Waals surface area contributed by atoms with Gasteiger partial charge in [-0.3, -0.25) is 0 Å². The highest BCUT2D eigenvalue weighted by molar-refractivity contribution is 6.31. The Morgan fingerprint density at radius 3 is 2.67 bits per heavy atom. The van der Waals surface area contributed by atoms with Gasteiger partial charge in [0, 0.05) is 36.1 Å². The monoisotopic (exact) mass is 382 g/mol. The first kappa shape index (κ1) is 17.9. The molecule has 0 radical (unpaired) electrons. The summed E-state index contributed by atoms with van der Waals surface area (Å²) in [5, 5.41) is 5.16. The maximum Gasteiger partial charge on any atom is 0.336 e. The van der Waals surface area contributed by atoms with Crippen LogP contribution < -0.4 is 15.8 Å². The molecule has 140 valence electrons. The van der Waals surface area contributed by atoms with Gasteiger partial charge in [-0.2, -0.15) is 0 Å². The van der Waals surface area contributed by atoms with Gasteiger partial charge in [0.2, 0.25) is 0 Å². The topological polar surface area (TPSA) is 45.5 Å². The van der Waals surface area contributed by atoms with E-state index in [9.17, 15) is 4.79 Å². The lowest BCUT2D eigenvalue weighted by atomic mass is 10.0. The highest BCUT2D eigenvalue weighted by atomic mass is 35.5. The molecule has 3 aromatic rings. The van der Waals surface area contributed by atoms with E-state index in [-0.39, 0.29) is 5.63 Å². The SMILES string of the molecule is Cc1ccc2c(CNc3cc(Cl)ccc3N3CCCC3)cc(=O)oc2c1C.